The van der Waals surface area contributed by atoms with Crippen molar-refractivity contribution in [1.29, 1.82) is 0 Å². The van der Waals surface area contributed by atoms with Gasteiger partial charge >= 0.3 is 0 Å². The fraction of sp³-hybridized carbons (Fsp3) is 0.588. The number of fused-ring (bicyclic) bond motifs is 2. The molecule has 3 rings (SSSR count). The molecule has 0 aliphatic heterocycles. The Morgan fingerprint density at radius 1 is 1.25 bits per heavy atom. The van der Waals surface area contributed by atoms with Gasteiger partial charge < -0.3 is 5.32 Å². The van der Waals surface area contributed by atoms with Crippen LogP contribution in [0.3, 0.4) is 0 Å². The second-order valence-corrected chi connectivity index (χ2v) is 7.78. The molecule has 0 spiro atoms. The van der Waals surface area contributed by atoms with E-state index in [1.165, 1.54) is 36.1 Å². The molecule has 0 unspecified atom stereocenters. The SMILES string of the molecule is Cc1ccc(S[C@H](C)C(=O)N[C@@H]2C[C@H]3CC[C@@H]2C3)cc1. The van der Waals surface area contributed by atoms with Crippen LogP contribution in [-0.4, -0.2) is 17.2 Å². The summed E-state index contributed by atoms with van der Waals surface area (Å²) in [6, 6.07) is 8.84. The van der Waals surface area contributed by atoms with E-state index in [9.17, 15) is 4.79 Å². The van der Waals surface area contributed by atoms with E-state index in [2.05, 4.69) is 36.5 Å². The van der Waals surface area contributed by atoms with Gasteiger partial charge in [-0.05, 0) is 57.1 Å². The summed E-state index contributed by atoms with van der Waals surface area (Å²) in [6.07, 6.45) is 5.24. The van der Waals surface area contributed by atoms with Crippen LogP contribution >= 0.6 is 11.8 Å². The third kappa shape index (κ3) is 3.03. The van der Waals surface area contributed by atoms with E-state index < -0.39 is 0 Å². The molecule has 3 heteroatoms. The summed E-state index contributed by atoms with van der Waals surface area (Å²) in [6.45, 7) is 4.09. The molecule has 2 aliphatic carbocycles. The Hall–Kier alpha value is -0.960. The fourth-order valence-corrected chi connectivity index (χ4v) is 4.47. The van der Waals surface area contributed by atoms with Gasteiger partial charge in [0.2, 0.25) is 5.91 Å². The van der Waals surface area contributed by atoms with Crippen molar-refractivity contribution in [3.05, 3.63) is 29.8 Å². The summed E-state index contributed by atoms with van der Waals surface area (Å²) >= 11 is 1.65. The number of rotatable bonds is 4. The largest absolute Gasteiger partial charge is 0.352 e. The van der Waals surface area contributed by atoms with Crippen LogP contribution in [-0.2, 0) is 4.79 Å². The summed E-state index contributed by atoms with van der Waals surface area (Å²) in [7, 11) is 0. The number of carbonyl (C=O) groups is 1. The number of benzene rings is 1. The van der Waals surface area contributed by atoms with Gasteiger partial charge in [-0.1, -0.05) is 24.1 Å². The van der Waals surface area contributed by atoms with Gasteiger partial charge in [0.25, 0.3) is 0 Å². The molecular weight excluding hydrogens is 266 g/mol. The van der Waals surface area contributed by atoms with Gasteiger partial charge in [0.15, 0.2) is 0 Å². The van der Waals surface area contributed by atoms with E-state index in [1.807, 2.05) is 6.92 Å². The van der Waals surface area contributed by atoms with Crippen molar-refractivity contribution in [2.75, 3.05) is 0 Å². The van der Waals surface area contributed by atoms with Crippen LogP contribution in [0.5, 0.6) is 0 Å². The van der Waals surface area contributed by atoms with Gasteiger partial charge in [-0.3, -0.25) is 4.79 Å². The lowest BCUT2D eigenvalue weighted by molar-refractivity contribution is -0.121. The van der Waals surface area contributed by atoms with Crippen molar-refractivity contribution < 1.29 is 4.79 Å². The van der Waals surface area contributed by atoms with Gasteiger partial charge in [0.1, 0.15) is 0 Å². The first-order chi connectivity index (χ1) is 9.61. The summed E-state index contributed by atoms with van der Waals surface area (Å²) < 4.78 is 0. The molecule has 2 fully saturated rings. The number of carbonyl (C=O) groups excluding carboxylic acids is 1. The first kappa shape index (κ1) is 14.0. The highest BCUT2D eigenvalue weighted by atomic mass is 32.2. The third-order valence-corrected chi connectivity index (χ3v) is 5.88. The highest BCUT2D eigenvalue weighted by molar-refractivity contribution is 8.00. The number of nitrogens with one attached hydrogen (secondary N) is 1. The molecule has 0 radical (unpaired) electrons. The third-order valence-electron chi connectivity index (χ3n) is 4.77. The lowest BCUT2D eigenvalue weighted by Gasteiger charge is -2.24. The normalized spacial score (nSPS) is 29.4. The topological polar surface area (TPSA) is 29.1 Å². The molecule has 2 bridgehead atoms. The minimum absolute atomic E-state index is 0.0168. The second kappa shape index (κ2) is 5.80. The average molecular weight is 289 g/mol. The molecular formula is C17H23NOS. The molecule has 2 nitrogen and oxygen atoms in total. The van der Waals surface area contributed by atoms with Crippen LogP contribution in [0.15, 0.2) is 29.2 Å². The van der Waals surface area contributed by atoms with Crippen molar-refractivity contribution in [2.24, 2.45) is 11.8 Å². The van der Waals surface area contributed by atoms with Crippen molar-refractivity contribution in [1.82, 2.24) is 5.32 Å². The first-order valence-corrected chi connectivity index (χ1v) is 8.53. The maximum atomic E-state index is 12.3. The predicted octanol–water partition coefficient (Wildman–Crippen LogP) is 3.78. The smallest absolute Gasteiger partial charge is 0.233 e. The standard InChI is InChI=1S/C17H23NOS/c1-11-3-7-15(8-4-11)20-12(2)17(19)18-16-10-13-5-6-14(16)9-13/h3-4,7-8,12-14,16H,5-6,9-10H2,1-2H3,(H,18,19)/t12-,13+,14-,16-/m1/s1. The summed E-state index contributed by atoms with van der Waals surface area (Å²) in [5, 5.41) is 3.27. The summed E-state index contributed by atoms with van der Waals surface area (Å²) in [4.78, 5) is 13.5. The van der Waals surface area contributed by atoms with E-state index >= 15 is 0 Å². The Labute approximate surface area is 125 Å². The maximum absolute atomic E-state index is 12.3. The highest BCUT2D eigenvalue weighted by Gasteiger charge is 2.40. The lowest BCUT2D eigenvalue weighted by atomic mass is 9.95. The van der Waals surface area contributed by atoms with Crippen molar-refractivity contribution in [3.8, 4) is 0 Å². The zero-order valence-electron chi connectivity index (χ0n) is 12.3. The Bertz CT molecular complexity index is 484. The predicted molar refractivity (Wildman–Crippen MR) is 83.9 cm³/mol. The van der Waals surface area contributed by atoms with Crippen LogP contribution in [0.25, 0.3) is 0 Å². The number of amides is 1. The second-order valence-electron chi connectivity index (χ2n) is 6.36. The van der Waals surface area contributed by atoms with Crippen LogP contribution < -0.4 is 5.32 Å². The maximum Gasteiger partial charge on any atom is 0.233 e. The van der Waals surface area contributed by atoms with Gasteiger partial charge in [0, 0.05) is 10.9 Å². The van der Waals surface area contributed by atoms with Crippen LogP contribution in [0, 0.1) is 18.8 Å². The Morgan fingerprint density at radius 3 is 2.60 bits per heavy atom. The summed E-state index contributed by atoms with van der Waals surface area (Å²) in [5.41, 5.74) is 1.26. The van der Waals surface area contributed by atoms with E-state index in [0.29, 0.717) is 6.04 Å². The first-order valence-electron chi connectivity index (χ1n) is 7.65. The quantitative estimate of drug-likeness (QED) is 0.855. The van der Waals surface area contributed by atoms with Crippen molar-refractivity contribution in [2.45, 2.75) is 55.7 Å². The van der Waals surface area contributed by atoms with E-state index in [1.54, 1.807) is 11.8 Å². The van der Waals surface area contributed by atoms with E-state index in [-0.39, 0.29) is 11.2 Å². The molecule has 1 N–H and O–H groups in total. The number of hydrogen-bond acceptors (Lipinski definition) is 2. The van der Waals surface area contributed by atoms with Crippen LogP contribution in [0.4, 0.5) is 0 Å². The van der Waals surface area contributed by atoms with Crippen LogP contribution in [0.1, 0.15) is 38.2 Å². The average Bonchev–Trinajstić information content (AvgIpc) is 3.03. The van der Waals surface area contributed by atoms with Gasteiger partial charge in [-0.15, -0.1) is 11.8 Å². The Morgan fingerprint density at radius 2 is 2.00 bits per heavy atom. The molecule has 2 aliphatic rings. The Kier molecular flexibility index (Phi) is 4.06. The van der Waals surface area contributed by atoms with Crippen molar-refractivity contribution in [3.63, 3.8) is 0 Å². The van der Waals surface area contributed by atoms with E-state index in [0.717, 1.165) is 11.8 Å². The lowest BCUT2D eigenvalue weighted by Crippen LogP contribution is -2.42. The molecule has 1 aromatic rings. The minimum Gasteiger partial charge on any atom is -0.352 e. The molecule has 4 atom stereocenters. The van der Waals surface area contributed by atoms with Crippen molar-refractivity contribution >= 4 is 17.7 Å². The zero-order chi connectivity index (χ0) is 14.1. The molecule has 0 aromatic heterocycles. The number of thioether (sulfide) groups is 1. The number of aryl methyl sites for hydroxylation is 1. The molecule has 0 saturated heterocycles. The highest BCUT2D eigenvalue weighted by Crippen LogP contribution is 2.44. The number of hydrogen-bond donors (Lipinski definition) is 1. The molecule has 2 saturated carbocycles. The summed E-state index contributed by atoms with van der Waals surface area (Å²) in [5.74, 6) is 1.83. The van der Waals surface area contributed by atoms with Gasteiger partial charge in [0.05, 0.1) is 5.25 Å². The molecule has 0 heterocycles. The minimum atomic E-state index is -0.0168. The van der Waals surface area contributed by atoms with E-state index in [4.69, 9.17) is 0 Å². The molecule has 108 valence electrons. The molecule has 1 amide bonds. The Balaban J connectivity index is 1.53. The monoisotopic (exact) mass is 289 g/mol. The van der Waals surface area contributed by atoms with Gasteiger partial charge in [-0.25, -0.2) is 0 Å². The fourth-order valence-electron chi connectivity index (χ4n) is 3.60. The van der Waals surface area contributed by atoms with Crippen LogP contribution in [0.2, 0.25) is 0 Å². The molecule has 20 heavy (non-hydrogen) atoms. The molecule has 1 aromatic carbocycles. The van der Waals surface area contributed by atoms with Gasteiger partial charge in [-0.2, -0.15) is 0 Å². The zero-order valence-corrected chi connectivity index (χ0v) is 13.1.